The summed E-state index contributed by atoms with van der Waals surface area (Å²) in [5.41, 5.74) is 3.22. The van der Waals surface area contributed by atoms with E-state index in [-0.39, 0.29) is 0 Å². The lowest BCUT2D eigenvalue weighted by atomic mass is 10.0. The van der Waals surface area contributed by atoms with Gasteiger partial charge in [0.15, 0.2) is 11.5 Å². The molecule has 3 aromatic rings. The Bertz CT molecular complexity index is 781. The normalized spacial score (nSPS) is 18.4. The van der Waals surface area contributed by atoms with E-state index in [9.17, 15) is 0 Å². The van der Waals surface area contributed by atoms with Crippen LogP contribution >= 0.6 is 0 Å². The van der Waals surface area contributed by atoms with Crippen molar-refractivity contribution in [1.29, 1.82) is 0 Å². The molecule has 4 rings (SSSR count). The summed E-state index contributed by atoms with van der Waals surface area (Å²) >= 11 is 0. The van der Waals surface area contributed by atoms with Gasteiger partial charge < -0.3 is 14.6 Å². The highest BCUT2D eigenvalue weighted by molar-refractivity contribution is 5.72. The van der Waals surface area contributed by atoms with Crippen LogP contribution in [0.1, 0.15) is 30.7 Å². The van der Waals surface area contributed by atoms with Gasteiger partial charge in [-0.3, -0.25) is 0 Å². The van der Waals surface area contributed by atoms with Gasteiger partial charge in [0.1, 0.15) is 5.52 Å². The molecule has 1 aromatic heterocycles. The van der Waals surface area contributed by atoms with Crippen LogP contribution in [0.25, 0.3) is 11.1 Å². The van der Waals surface area contributed by atoms with E-state index < -0.39 is 0 Å². The van der Waals surface area contributed by atoms with E-state index in [1.165, 1.54) is 24.9 Å². The maximum absolute atomic E-state index is 5.82. The molecule has 4 nitrogen and oxygen atoms in total. The molecule has 1 aliphatic rings. The van der Waals surface area contributed by atoms with Gasteiger partial charge in [-0.05, 0) is 50.0 Å². The van der Waals surface area contributed by atoms with Crippen molar-refractivity contribution in [1.82, 2.24) is 15.2 Å². The fourth-order valence-electron chi connectivity index (χ4n) is 3.76. The van der Waals surface area contributed by atoms with E-state index in [0.29, 0.717) is 6.04 Å². The summed E-state index contributed by atoms with van der Waals surface area (Å²) in [6.07, 6.45) is 4.55. The van der Waals surface area contributed by atoms with Crippen LogP contribution in [0.3, 0.4) is 0 Å². The van der Waals surface area contributed by atoms with Crippen LogP contribution in [0.2, 0.25) is 0 Å². The molecular formula is C22H27N3O. The fourth-order valence-corrected chi connectivity index (χ4v) is 3.76. The Kier molecular flexibility index (Phi) is 5.62. The number of hydrogen-bond donors (Lipinski definition) is 1. The van der Waals surface area contributed by atoms with Gasteiger partial charge in [-0.2, -0.15) is 0 Å². The first-order valence-electron chi connectivity index (χ1n) is 9.71. The first-order valence-corrected chi connectivity index (χ1v) is 9.71. The average molecular weight is 349 g/mol. The quantitative estimate of drug-likeness (QED) is 0.700. The Hall–Kier alpha value is -2.17. The molecule has 0 radical (unpaired) electrons. The Balaban J connectivity index is 1.22. The third-order valence-electron chi connectivity index (χ3n) is 5.15. The molecule has 1 fully saturated rings. The number of aromatic nitrogens is 1. The summed E-state index contributed by atoms with van der Waals surface area (Å²) in [7, 11) is 0. The number of nitrogens with one attached hydrogen (secondary N) is 1. The number of piperidine rings is 1. The molecule has 1 N–H and O–H groups in total. The van der Waals surface area contributed by atoms with Crippen molar-refractivity contribution >= 4 is 11.1 Å². The summed E-state index contributed by atoms with van der Waals surface area (Å²) in [6, 6.07) is 19.2. The van der Waals surface area contributed by atoms with Gasteiger partial charge >= 0.3 is 0 Å². The average Bonchev–Trinajstić information content (AvgIpc) is 3.10. The van der Waals surface area contributed by atoms with Gasteiger partial charge in [-0.15, -0.1) is 0 Å². The minimum atomic E-state index is 0.591. The van der Waals surface area contributed by atoms with Gasteiger partial charge in [-0.25, -0.2) is 4.98 Å². The molecule has 0 aliphatic carbocycles. The fraction of sp³-hybridized carbons (Fsp3) is 0.409. The van der Waals surface area contributed by atoms with Crippen LogP contribution in [0.4, 0.5) is 0 Å². The van der Waals surface area contributed by atoms with Crippen LogP contribution in [0, 0.1) is 0 Å². The number of para-hydroxylation sites is 2. The second-order valence-corrected chi connectivity index (χ2v) is 7.19. The van der Waals surface area contributed by atoms with E-state index in [2.05, 4.69) is 45.5 Å². The van der Waals surface area contributed by atoms with Gasteiger partial charge in [0.2, 0.25) is 0 Å². The molecule has 26 heavy (non-hydrogen) atoms. The number of nitrogens with zero attached hydrogens (tertiary/aromatic N) is 2. The maximum atomic E-state index is 5.82. The zero-order valence-corrected chi connectivity index (χ0v) is 15.2. The molecule has 0 amide bonds. The summed E-state index contributed by atoms with van der Waals surface area (Å²) < 4.78 is 5.82. The van der Waals surface area contributed by atoms with Crippen molar-refractivity contribution in [3.63, 3.8) is 0 Å². The number of benzene rings is 2. The highest BCUT2D eigenvalue weighted by Gasteiger charge is 2.19. The third-order valence-corrected chi connectivity index (χ3v) is 5.15. The zero-order chi connectivity index (χ0) is 17.6. The van der Waals surface area contributed by atoms with Crippen LogP contribution in [0.15, 0.2) is 59.0 Å². The number of fused-ring (bicyclic) bond motifs is 1. The van der Waals surface area contributed by atoms with Crippen molar-refractivity contribution in [3.8, 4) is 0 Å². The first-order chi connectivity index (χ1) is 12.9. The lowest BCUT2D eigenvalue weighted by Gasteiger charge is -2.33. The van der Waals surface area contributed by atoms with Gasteiger partial charge in [0.25, 0.3) is 0 Å². The van der Waals surface area contributed by atoms with E-state index in [0.717, 1.165) is 49.5 Å². The number of likely N-dealkylation sites (tertiary alicyclic amines) is 1. The predicted molar refractivity (Wildman–Crippen MR) is 105 cm³/mol. The molecule has 0 bridgehead atoms. The van der Waals surface area contributed by atoms with Gasteiger partial charge in [-0.1, -0.05) is 42.5 Å². The molecule has 0 saturated carbocycles. The summed E-state index contributed by atoms with van der Waals surface area (Å²) in [5.74, 6) is 0.863. The molecule has 1 atom stereocenters. The highest BCUT2D eigenvalue weighted by Crippen LogP contribution is 2.17. The highest BCUT2D eigenvalue weighted by atomic mass is 16.3. The summed E-state index contributed by atoms with van der Waals surface area (Å²) in [4.78, 5) is 7.15. The molecule has 2 aromatic carbocycles. The van der Waals surface area contributed by atoms with E-state index in [4.69, 9.17) is 4.42 Å². The van der Waals surface area contributed by atoms with Crippen molar-refractivity contribution in [3.05, 3.63) is 66.1 Å². The number of oxazole rings is 1. The summed E-state index contributed by atoms with van der Waals surface area (Å²) in [6.45, 7) is 4.42. The van der Waals surface area contributed by atoms with E-state index >= 15 is 0 Å². The Morgan fingerprint density at radius 1 is 1.08 bits per heavy atom. The van der Waals surface area contributed by atoms with Gasteiger partial charge in [0, 0.05) is 25.6 Å². The van der Waals surface area contributed by atoms with Crippen molar-refractivity contribution in [2.24, 2.45) is 0 Å². The van der Waals surface area contributed by atoms with Crippen molar-refractivity contribution in [2.45, 2.75) is 38.3 Å². The number of rotatable bonds is 7. The monoisotopic (exact) mass is 349 g/mol. The molecule has 2 heterocycles. The molecule has 0 spiro atoms. The molecule has 1 saturated heterocycles. The van der Waals surface area contributed by atoms with Crippen molar-refractivity contribution in [2.75, 3.05) is 19.6 Å². The largest absolute Gasteiger partial charge is 0.441 e. The van der Waals surface area contributed by atoms with Crippen molar-refractivity contribution < 1.29 is 4.42 Å². The lowest BCUT2D eigenvalue weighted by molar-refractivity contribution is 0.187. The lowest BCUT2D eigenvalue weighted by Crippen LogP contribution is -2.45. The number of aryl methyl sites for hydroxylation is 1. The third kappa shape index (κ3) is 4.51. The van der Waals surface area contributed by atoms with Crippen LogP contribution in [-0.2, 0) is 13.0 Å². The van der Waals surface area contributed by atoms with Crippen LogP contribution in [0.5, 0.6) is 0 Å². The molecule has 136 valence electrons. The zero-order valence-electron chi connectivity index (χ0n) is 15.2. The Morgan fingerprint density at radius 3 is 2.81 bits per heavy atom. The first kappa shape index (κ1) is 17.3. The van der Waals surface area contributed by atoms with Crippen LogP contribution < -0.4 is 5.32 Å². The molecule has 1 unspecified atom stereocenters. The van der Waals surface area contributed by atoms with E-state index in [1.807, 2.05) is 24.3 Å². The Morgan fingerprint density at radius 2 is 1.92 bits per heavy atom. The maximum Gasteiger partial charge on any atom is 0.195 e. The SMILES string of the molecule is c1ccc(CNC2CCCN(CCCc3nc4ccccc4o3)C2)cc1. The smallest absolute Gasteiger partial charge is 0.195 e. The Labute approximate surface area is 155 Å². The molecule has 1 aliphatic heterocycles. The predicted octanol–water partition coefficient (Wildman–Crippen LogP) is 4.01. The standard InChI is InChI=1S/C22H27N3O/c1-2-8-18(9-3-1)16-23-19-10-6-14-25(17-19)15-7-13-22-24-20-11-4-5-12-21(20)26-22/h1-5,8-9,11-12,19,23H,6-7,10,13-17H2. The summed E-state index contributed by atoms with van der Waals surface area (Å²) in [5, 5.41) is 3.72. The molecular weight excluding hydrogens is 322 g/mol. The second kappa shape index (κ2) is 8.47. The number of hydrogen-bond acceptors (Lipinski definition) is 4. The minimum absolute atomic E-state index is 0.591. The van der Waals surface area contributed by atoms with Crippen LogP contribution in [-0.4, -0.2) is 35.6 Å². The topological polar surface area (TPSA) is 41.3 Å². The second-order valence-electron chi connectivity index (χ2n) is 7.19. The minimum Gasteiger partial charge on any atom is -0.441 e. The van der Waals surface area contributed by atoms with Gasteiger partial charge in [0.05, 0.1) is 0 Å². The molecule has 4 heteroatoms. The van der Waals surface area contributed by atoms with E-state index in [1.54, 1.807) is 0 Å².